The number of carbonyl (C=O) groups is 1. The van der Waals surface area contributed by atoms with Crippen LogP contribution in [0.3, 0.4) is 0 Å². The lowest BCUT2D eigenvalue weighted by Crippen LogP contribution is -2.25. The summed E-state index contributed by atoms with van der Waals surface area (Å²) in [6.07, 6.45) is 6.97. The van der Waals surface area contributed by atoms with Gasteiger partial charge in [0.2, 0.25) is 5.91 Å². The Morgan fingerprint density at radius 2 is 1.96 bits per heavy atom. The van der Waals surface area contributed by atoms with Crippen molar-refractivity contribution < 1.29 is 4.79 Å². The van der Waals surface area contributed by atoms with E-state index >= 15 is 0 Å². The van der Waals surface area contributed by atoms with Crippen molar-refractivity contribution >= 4 is 22.6 Å². The Morgan fingerprint density at radius 3 is 2.78 bits per heavy atom. The van der Waals surface area contributed by atoms with Gasteiger partial charge in [0, 0.05) is 17.8 Å². The van der Waals surface area contributed by atoms with Crippen molar-refractivity contribution in [2.45, 2.75) is 39.0 Å². The number of aromatic nitrogens is 3. The number of hydrogen-bond acceptors (Lipinski definition) is 4. The second-order valence-electron chi connectivity index (χ2n) is 7.05. The quantitative estimate of drug-likeness (QED) is 0.772. The zero-order valence-electron chi connectivity index (χ0n) is 15.3. The molecule has 1 N–H and O–H groups in total. The Hall–Kier alpha value is -3.02. The van der Waals surface area contributed by atoms with Gasteiger partial charge in [-0.25, -0.2) is 9.97 Å². The van der Waals surface area contributed by atoms with Gasteiger partial charge in [-0.05, 0) is 50.1 Å². The highest BCUT2D eigenvalue weighted by atomic mass is 16.2. The number of amides is 1. The van der Waals surface area contributed by atoms with Crippen molar-refractivity contribution in [3.8, 4) is 5.69 Å². The fourth-order valence-corrected chi connectivity index (χ4v) is 3.76. The third-order valence-corrected chi connectivity index (χ3v) is 5.16. The van der Waals surface area contributed by atoms with Gasteiger partial charge in [0.1, 0.15) is 5.82 Å². The number of rotatable bonds is 3. The molecule has 3 aromatic rings. The first-order valence-electron chi connectivity index (χ1n) is 9.39. The van der Waals surface area contributed by atoms with Gasteiger partial charge in [0.05, 0.1) is 11.1 Å². The molecule has 4 rings (SSSR count). The number of aryl methyl sites for hydroxylation is 1. The summed E-state index contributed by atoms with van der Waals surface area (Å²) in [5.74, 6) is 0.707. The number of hydrogen-bond donors (Lipinski definition) is 1. The van der Waals surface area contributed by atoms with E-state index in [1.165, 1.54) is 6.42 Å². The van der Waals surface area contributed by atoms with Gasteiger partial charge >= 0.3 is 0 Å². The van der Waals surface area contributed by atoms with Crippen LogP contribution in [-0.4, -0.2) is 20.4 Å². The Morgan fingerprint density at radius 1 is 1.15 bits per heavy atom. The number of anilines is 1. The van der Waals surface area contributed by atoms with Crippen LogP contribution in [0.25, 0.3) is 16.7 Å². The van der Waals surface area contributed by atoms with Gasteiger partial charge in [0.15, 0.2) is 5.65 Å². The normalized spacial score (nSPS) is 15.0. The summed E-state index contributed by atoms with van der Waals surface area (Å²) < 4.78 is 1.56. The van der Waals surface area contributed by atoms with E-state index in [0.717, 1.165) is 25.7 Å². The van der Waals surface area contributed by atoms with Crippen LogP contribution in [0.1, 0.15) is 37.9 Å². The maximum absolute atomic E-state index is 12.9. The minimum atomic E-state index is -0.165. The molecule has 6 heteroatoms. The highest BCUT2D eigenvalue weighted by Gasteiger charge is 2.21. The summed E-state index contributed by atoms with van der Waals surface area (Å²) in [6.45, 7) is 1.78. The molecule has 2 heterocycles. The summed E-state index contributed by atoms with van der Waals surface area (Å²) in [4.78, 5) is 34.1. The van der Waals surface area contributed by atoms with Crippen LogP contribution in [0.15, 0.2) is 47.4 Å². The van der Waals surface area contributed by atoms with Crippen LogP contribution >= 0.6 is 0 Å². The van der Waals surface area contributed by atoms with E-state index in [2.05, 4.69) is 15.3 Å². The molecule has 0 aliphatic heterocycles. The predicted molar refractivity (Wildman–Crippen MR) is 105 cm³/mol. The molecule has 1 aliphatic rings. The summed E-state index contributed by atoms with van der Waals surface area (Å²) in [5.41, 5.74) is 1.65. The first-order chi connectivity index (χ1) is 13.1. The lowest BCUT2D eigenvalue weighted by atomic mass is 9.88. The van der Waals surface area contributed by atoms with Crippen LogP contribution in [0, 0.1) is 12.8 Å². The lowest BCUT2D eigenvalue weighted by molar-refractivity contribution is -0.120. The number of pyridine rings is 1. The fraction of sp³-hybridized carbons (Fsp3) is 0.333. The maximum atomic E-state index is 12.9. The minimum Gasteiger partial charge on any atom is -0.326 e. The molecule has 1 saturated carbocycles. The van der Waals surface area contributed by atoms with Crippen molar-refractivity contribution in [2.24, 2.45) is 5.92 Å². The number of benzene rings is 1. The zero-order chi connectivity index (χ0) is 18.8. The Balaban J connectivity index is 1.68. The van der Waals surface area contributed by atoms with Crippen LogP contribution in [0.2, 0.25) is 0 Å². The molecule has 6 nitrogen and oxygen atoms in total. The second-order valence-corrected chi connectivity index (χ2v) is 7.05. The fourth-order valence-electron chi connectivity index (χ4n) is 3.76. The first-order valence-corrected chi connectivity index (χ1v) is 9.39. The van der Waals surface area contributed by atoms with Gasteiger partial charge in [-0.3, -0.25) is 14.2 Å². The van der Waals surface area contributed by atoms with E-state index in [9.17, 15) is 9.59 Å². The van der Waals surface area contributed by atoms with E-state index in [1.54, 1.807) is 29.8 Å². The minimum absolute atomic E-state index is 0.0664. The van der Waals surface area contributed by atoms with Crippen molar-refractivity contribution in [3.05, 3.63) is 58.8 Å². The summed E-state index contributed by atoms with van der Waals surface area (Å²) in [7, 11) is 0. The average Bonchev–Trinajstić information content (AvgIpc) is 2.69. The SMILES string of the molecule is Cc1nc2ncccc2c(=O)n1-c1cccc(NC(=O)C2CCCCC2)c1. The topological polar surface area (TPSA) is 76.9 Å². The van der Waals surface area contributed by atoms with Gasteiger partial charge in [0.25, 0.3) is 5.56 Å². The molecule has 0 bridgehead atoms. The van der Waals surface area contributed by atoms with Crippen molar-refractivity contribution in [2.75, 3.05) is 5.32 Å². The third kappa shape index (κ3) is 3.47. The molecule has 0 radical (unpaired) electrons. The van der Waals surface area contributed by atoms with Crippen LogP contribution in [0.5, 0.6) is 0 Å². The Bertz CT molecular complexity index is 1050. The summed E-state index contributed by atoms with van der Waals surface area (Å²) >= 11 is 0. The molecular weight excluding hydrogens is 340 g/mol. The first kappa shape index (κ1) is 17.4. The van der Waals surface area contributed by atoms with Crippen LogP contribution in [-0.2, 0) is 4.79 Å². The van der Waals surface area contributed by atoms with E-state index in [-0.39, 0.29) is 17.4 Å². The molecule has 0 saturated heterocycles. The average molecular weight is 362 g/mol. The molecule has 1 amide bonds. The maximum Gasteiger partial charge on any atom is 0.267 e. The van der Waals surface area contributed by atoms with E-state index in [1.807, 2.05) is 24.3 Å². The largest absolute Gasteiger partial charge is 0.326 e. The number of nitrogens with zero attached hydrogens (tertiary/aromatic N) is 3. The second kappa shape index (κ2) is 7.31. The summed E-state index contributed by atoms with van der Waals surface area (Å²) in [6, 6.07) is 10.8. The van der Waals surface area contributed by atoms with Gasteiger partial charge in [-0.2, -0.15) is 0 Å². The molecular formula is C21H22N4O2. The molecule has 138 valence electrons. The highest BCUT2D eigenvalue weighted by molar-refractivity contribution is 5.92. The van der Waals surface area contributed by atoms with Gasteiger partial charge < -0.3 is 5.32 Å². The number of fused-ring (bicyclic) bond motifs is 1. The zero-order valence-corrected chi connectivity index (χ0v) is 15.3. The molecule has 2 aromatic heterocycles. The van der Waals surface area contributed by atoms with Crippen LogP contribution < -0.4 is 10.9 Å². The van der Waals surface area contributed by atoms with E-state index in [0.29, 0.717) is 28.2 Å². The standard InChI is InChI=1S/C21H22N4O2/c1-14-23-19-18(11-6-12-22-19)21(27)25(14)17-10-5-9-16(13-17)24-20(26)15-7-3-2-4-8-15/h5-6,9-13,15H,2-4,7-8H2,1H3,(H,24,26). The highest BCUT2D eigenvalue weighted by Crippen LogP contribution is 2.25. The number of carbonyl (C=O) groups excluding carboxylic acids is 1. The molecule has 1 aliphatic carbocycles. The van der Waals surface area contributed by atoms with E-state index in [4.69, 9.17) is 0 Å². The molecule has 0 unspecified atom stereocenters. The van der Waals surface area contributed by atoms with Crippen molar-refractivity contribution in [3.63, 3.8) is 0 Å². The monoisotopic (exact) mass is 362 g/mol. The smallest absolute Gasteiger partial charge is 0.267 e. The lowest BCUT2D eigenvalue weighted by Gasteiger charge is -2.21. The Labute approximate surface area is 157 Å². The van der Waals surface area contributed by atoms with Gasteiger partial charge in [-0.15, -0.1) is 0 Å². The molecule has 0 spiro atoms. The van der Waals surface area contributed by atoms with Gasteiger partial charge in [-0.1, -0.05) is 25.3 Å². The van der Waals surface area contributed by atoms with Crippen LogP contribution in [0.4, 0.5) is 5.69 Å². The molecule has 27 heavy (non-hydrogen) atoms. The Kier molecular flexibility index (Phi) is 4.71. The van der Waals surface area contributed by atoms with E-state index < -0.39 is 0 Å². The third-order valence-electron chi connectivity index (χ3n) is 5.16. The van der Waals surface area contributed by atoms with Crippen molar-refractivity contribution in [1.82, 2.24) is 14.5 Å². The molecule has 1 aromatic carbocycles. The molecule has 1 fully saturated rings. The summed E-state index contributed by atoms with van der Waals surface area (Å²) in [5, 5.41) is 3.48. The molecule has 0 atom stereocenters. The van der Waals surface area contributed by atoms with Crippen molar-refractivity contribution in [1.29, 1.82) is 0 Å². The predicted octanol–water partition coefficient (Wildman–Crippen LogP) is 3.61. The number of nitrogens with one attached hydrogen (secondary N) is 1.